The Bertz CT molecular complexity index is 1010. The lowest BCUT2D eigenvalue weighted by molar-refractivity contribution is 0.0959. The van der Waals surface area contributed by atoms with Crippen molar-refractivity contribution in [2.24, 2.45) is 5.10 Å². The van der Waals surface area contributed by atoms with Gasteiger partial charge in [0.1, 0.15) is 0 Å². The Morgan fingerprint density at radius 1 is 1.07 bits per heavy atom. The van der Waals surface area contributed by atoms with Crippen LogP contribution in [-0.2, 0) is 22.9 Å². The minimum atomic E-state index is -3.42. The maximum absolute atomic E-state index is 12.6. The van der Waals surface area contributed by atoms with Gasteiger partial charge in [-0.15, -0.1) is 11.3 Å². The van der Waals surface area contributed by atoms with Gasteiger partial charge in [-0.05, 0) is 74.8 Å². The molecule has 8 heteroatoms. The van der Waals surface area contributed by atoms with Crippen molar-refractivity contribution >= 4 is 33.0 Å². The van der Waals surface area contributed by atoms with Gasteiger partial charge in [-0.1, -0.05) is 12.1 Å². The number of carbonyl (C=O) groups is 1. The molecule has 0 saturated carbocycles. The van der Waals surface area contributed by atoms with Crippen LogP contribution in [0.2, 0.25) is 0 Å². The Hall–Kier alpha value is -2.03. The second-order valence-electron chi connectivity index (χ2n) is 7.54. The highest BCUT2D eigenvalue weighted by Crippen LogP contribution is 2.29. The Balaban J connectivity index is 1.43. The van der Waals surface area contributed by atoms with Crippen LogP contribution < -0.4 is 5.43 Å². The number of fused-ring (bicyclic) bond motifs is 1. The lowest BCUT2D eigenvalue weighted by Crippen LogP contribution is -2.27. The van der Waals surface area contributed by atoms with Crippen LogP contribution in [0.1, 0.15) is 58.3 Å². The van der Waals surface area contributed by atoms with E-state index in [0.29, 0.717) is 28.6 Å². The summed E-state index contributed by atoms with van der Waals surface area (Å²) in [7, 11) is -3.42. The van der Waals surface area contributed by atoms with Crippen molar-refractivity contribution in [2.45, 2.75) is 50.3 Å². The molecular weight excluding hydrogens is 406 g/mol. The van der Waals surface area contributed by atoms with Gasteiger partial charge in [0, 0.05) is 18.0 Å². The summed E-state index contributed by atoms with van der Waals surface area (Å²) < 4.78 is 26.8. The molecule has 1 aliphatic heterocycles. The molecule has 0 unspecified atom stereocenters. The second-order valence-corrected chi connectivity index (χ2v) is 10.6. The lowest BCUT2D eigenvalue weighted by atomic mass is 9.99. The minimum Gasteiger partial charge on any atom is -0.266 e. The summed E-state index contributed by atoms with van der Waals surface area (Å²) in [5.74, 6) is -0.197. The molecular formula is C21H25N3O3S2. The molecule has 1 amide bonds. The van der Waals surface area contributed by atoms with Crippen molar-refractivity contribution in [3.63, 3.8) is 0 Å². The van der Waals surface area contributed by atoms with Crippen molar-refractivity contribution in [3.8, 4) is 0 Å². The number of carbonyl (C=O) groups excluding carboxylic acids is 1. The minimum absolute atomic E-state index is 0.197. The molecule has 2 heterocycles. The van der Waals surface area contributed by atoms with E-state index in [1.54, 1.807) is 42.5 Å². The Morgan fingerprint density at radius 2 is 1.76 bits per heavy atom. The number of rotatable bonds is 5. The number of aryl methyl sites for hydroxylation is 2. The first-order chi connectivity index (χ1) is 13.9. The fourth-order valence-electron chi connectivity index (χ4n) is 3.80. The molecule has 2 aliphatic rings. The van der Waals surface area contributed by atoms with E-state index in [4.69, 9.17) is 0 Å². The Morgan fingerprint density at radius 3 is 2.45 bits per heavy atom. The second kappa shape index (κ2) is 8.38. The maximum Gasteiger partial charge on any atom is 0.281 e. The maximum atomic E-state index is 12.6. The first kappa shape index (κ1) is 20.3. The quantitative estimate of drug-likeness (QED) is 0.581. The molecule has 0 spiro atoms. The molecule has 1 aromatic carbocycles. The molecule has 2 aromatic rings. The summed E-state index contributed by atoms with van der Waals surface area (Å²) in [6.45, 7) is 2.97. The van der Waals surface area contributed by atoms with E-state index < -0.39 is 10.0 Å². The summed E-state index contributed by atoms with van der Waals surface area (Å²) in [6.07, 6.45) is 6.31. The van der Waals surface area contributed by atoms with Gasteiger partial charge < -0.3 is 0 Å². The molecule has 0 radical (unpaired) electrons. The SMILES string of the molecule is C/C(=N\NC(=O)c1cc2c(s1)CCCC2)c1ccc(S(=O)(=O)N2CCCC2)cc1. The number of hydrogen-bond donors (Lipinski definition) is 1. The molecule has 154 valence electrons. The normalized spacial score (nSPS) is 17.9. The van der Waals surface area contributed by atoms with Crippen molar-refractivity contribution < 1.29 is 13.2 Å². The van der Waals surface area contributed by atoms with Crippen LogP contribution in [-0.4, -0.2) is 37.4 Å². The van der Waals surface area contributed by atoms with Crippen LogP contribution in [0.5, 0.6) is 0 Å². The number of sulfonamides is 1. The molecule has 1 N–H and O–H groups in total. The number of hydrogen-bond acceptors (Lipinski definition) is 5. The van der Waals surface area contributed by atoms with Crippen molar-refractivity contribution in [3.05, 3.63) is 51.2 Å². The molecule has 1 saturated heterocycles. The summed E-state index contributed by atoms with van der Waals surface area (Å²) in [6, 6.07) is 8.67. The van der Waals surface area contributed by atoms with E-state index in [2.05, 4.69) is 10.5 Å². The van der Waals surface area contributed by atoms with Gasteiger partial charge in [-0.2, -0.15) is 9.41 Å². The number of nitrogens with one attached hydrogen (secondary N) is 1. The summed E-state index contributed by atoms with van der Waals surface area (Å²) in [4.78, 5) is 14.7. The predicted octanol–water partition coefficient (Wildman–Crippen LogP) is 3.57. The van der Waals surface area contributed by atoms with E-state index in [9.17, 15) is 13.2 Å². The van der Waals surface area contributed by atoms with Crippen LogP contribution in [0.4, 0.5) is 0 Å². The average Bonchev–Trinajstić information content (AvgIpc) is 3.42. The zero-order valence-electron chi connectivity index (χ0n) is 16.5. The first-order valence-corrected chi connectivity index (χ1v) is 12.3. The number of amides is 1. The fraction of sp³-hybridized carbons (Fsp3) is 0.429. The van der Waals surface area contributed by atoms with Crippen LogP contribution >= 0.6 is 11.3 Å². The van der Waals surface area contributed by atoms with Crippen LogP contribution in [0.25, 0.3) is 0 Å². The molecule has 4 rings (SSSR count). The summed E-state index contributed by atoms with van der Waals surface area (Å²) >= 11 is 1.55. The Kier molecular flexibility index (Phi) is 5.85. The van der Waals surface area contributed by atoms with Crippen molar-refractivity contribution in [1.29, 1.82) is 0 Å². The average molecular weight is 432 g/mol. The highest BCUT2D eigenvalue weighted by Gasteiger charge is 2.27. The lowest BCUT2D eigenvalue weighted by Gasteiger charge is -2.15. The van der Waals surface area contributed by atoms with E-state index in [1.165, 1.54) is 27.6 Å². The topological polar surface area (TPSA) is 78.8 Å². The zero-order valence-corrected chi connectivity index (χ0v) is 18.1. The van der Waals surface area contributed by atoms with E-state index in [0.717, 1.165) is 31.2 Å². The van der Waals surface area contributed by atoms with Gasteiger partial charge in [0.2, 0.25) is 10.0 Å². The highest BCUT2D eigenvalue weighted by atomic mass is 32.2. The monoisotopic (exact) mass is 431 g/mol. The van der Waals surface area contributed by atoms with Crippen LogP contribution in [0, 0.1) is 0 Å². The van der Waals surface area contributed by atoms with Gasteiger partial charge in [0.25, 0.3) is 5.91 Å². The molecule has 29 heavy (non-hydrogen) atoms. The summed E-state index contributed by atoms with van der Waals surface area (Å²) in [5, 5.41) is 4.21. The third-order valence-electron chi connectivity index (χ3n) is 5.52. The molecule has 1 aromatic heterocycles. The largest absolute Gasteiger partial charge is 0.281 e. The van der Waals surface area contributed by atoms with Crippen molar-refractivity contribution in [1.82, 2.24) is 9.73 Å². The molecule has 6 nitrogen and oxygen atoms in total. The predicted molar refractivity (Wildman–Crippen MR) is 115 cm³/mol. The molecule has 1 aliphatic carbocycles. The van der Waals surface area contributed by atoms with E-state index in [-0.39, 0.29) is 5.91 Å². The summed E-state index contributed by atoms with van der Waals surface area (Å²) in [5.41, 5.74) is 5.33. The fourth-order valence-corrected chi connectivity index (χ4v) is 6.46. The number of nitrogens with zero attached hydrogens (tertiary/aromatic N) is 2. The van der Waals surface area contributed by atoms with Gasteiger partial charge >= 0.3 is 0 Å². The van der Waals surface area contributed by atoms with Crippen molar-refractivity contribution in [2.75, 3.05) is 13.1 Å². The van der Waals surface area contributed by atoms with Crippen LogP contribution in [0.3, 0.4) is 0 Å². The zero-order chi connectivity index (χ0) is 20.4. The standard InChI is InChI=1S/C21H25N3O3S2/c1-15(22-23-21(25)20-14-17-6-2-3-7-19(17)28-20)16-8-10-18(11-9-16)29(26,27)24-12-4-5-13-24/h8-11,14H,2-7,12-13H2,1H3,(H,23,25)/b22-15+. The third kappa shape index (κ3) is 4.29. The van der Waals surface area contributed by atoms with Gasteiger partial charge in [-0.3, -0.25) is 4.79 Å². The first-order valence-electron chi connectivity index (χ1n) is 10.0. The smallest absolute Gasteiger partial charge is 0.266 e. The number of thiophene rings is 1. The van der Waals surface area contributed by atoms with E-state index in [1.807, 2.05) is 6.07 Å². The number of benzene rings is 1. The molecule has 0 atom stereocenters. The highest BCUT2D eigenvalue weighted by molar-refractivity contribution is 7.89. The van der Waals surface area contributed by atoms with Crippen LogP contribution in [0.15, 0.2) is 40.3 Å². The Labute approximate surface area is 175 Å². The van der Waals surface area contributed by atoms with E-state index >= 15 is 0 Å². The van der Waals surface area contributed by atoms with Gasteiger partial charge in [0.05, 0.1) is 15.5 Å². The molecule has 0 bridgehead atoms. The van der Waals surface area contributed by atoms with Gasteiger partial charge in [0.15, 0.2) is 0 Å². The van der Waals surface area contributed by atoms with Gasteiger partial charge in [-0.25, -0.2) is 13.8 Å². The molecule has 1 fully saturated rings. The third-order valence-corrected chi connectivity index (χ3v) is 8.67. The number of hydrazone groups is 1.